The van der Waals surface area contributed by atoms with Crippen LogP contribution in [-0.4, -0.2) is 34.3 Å². The van der Waals surface area contributed by atoms with Crippen molar-refractivity contribution in [2.24, 2.45) is 5.92 Å². The number of ether oxygens (including phenoxy) is 1. The minimum absolute atomic E-state index is 0.0482. The van der Waals surface area contributed by atoms with Gasteiger partial charge < -0.3 is 14.6 Å². The van der Waals surface area contributed by atoms with Crippen LogP contribution in [0.4, 0.5) is 5.82 Å². The molecule has 0 saturated carbocycles. The molecule has 1 aromatic heterocycles. The molecule has 2 heterocycles. The molecule has 2 aromatic rings. The van der Waals surface area contributed by atoms with Gasteiger partial charge in [-0.3, -0.25) is 9.36 Å². The lowest BCUT2D eigenvalue weighted by molar-refractivity contribution is -0.00741. The SMILES string of the molecule is CC[C@H]1OC(n2cc(C)c(NC(=O)c3ccccc3)nc2=O)C[C@@H]1CP(Cl)OCCC#N. The molecule has 0 radical (unpaired) electrons. The van der Waals surface area contributed by atoms with E-state index >= 15 is 0 Å². The Morgan fingerprint density at radius 2 is 2.19 bits per heavy atom. The van der Waals surface area contributed by atoms with Gasteiger partial charge in [0, 0.05) is 23.5 Å². The second-order valence-electron chi connectivity index (χ2n) is 7.56. The minimum Gasteiger partial charge on any atom is -0.354 e. The van der Waals surface area contributed by atoms with Crippen molar-refractivity contribution in [1.82, 2.24) is 9.55 Å². The van der Waals surface area contributed by atoms with E-state index in [0.717, 1.165) is 6.42 Å². The molecule has 1 aromatic carbocycles. The highest BCUT2D eigenvalue weighted by Crippen LogP contribution is 2.49. The number of nitrogens with one attached hydrogen (secondary N) is 1. The van der Waals surface area contributed by atoms with Crippen LogP contribution >= 0.6 is 18.7 Å². The lowest BCUT2D eigenvalue weighted by atomic mass is 10.0. The van der Waals surface area contributed by atoms with Crippen molar-refractivity contribution in [3.05, 3.63) is 58.1 Å². The Morgan fingerprint density at radius 1 is 1.44 bits per heavy atom. The molecule has 10 heteroatoms. The van der Waals surface area contributed by atoms with Crippen molar-refractivity contribution in [2.45, 2.75) is 45.4 Å². The molecule has 0 spiro atoms. The van der Waals surface area contributed by atoms with E-state index in [1.807, 2.05) is 19.1 Å². The molecule has 1 aliphatic rings. The molecular formula is C22H26ClN4O4P. The van der Waals surface area contributed by atoms with E-state index in [1.165, 1.54) is 4.57 Å². The highest BCUT2D eigenvalue weighted by atomic mass is 35.7. The maximum absolute atomic E-state index is 12.7. The molecule has 0 aliphatic carbocycles. The summed E-state index contributed by atoms with van der Waals surface area (Å²) in [5.41, 5.74) is 0.659. The summed E-state index contributed by atoms with van der Waals surface area (Å²) < 4.78 is 13.2. The predicted molar refractivity (Wildman–Crippen MR) is 124 cm³/mol. The summed E-state index contributed by atoms with van der Waals surface area (Å²) in [6.45, 7) is 4.13. The number of hydrogen-bond donors (Lipinski definition) is 1. The highest BCUT2D eigenvalue weighted by Gasteiger charge is 2.37. The minimum atomic E-state index is -1.18. The molecule has 1 amide bonds. The van der Waals surface area contributed by atoms with E-state index in [9.17, 15) is 9.59 Å². The topological polar surface area (TPSA) is 106 Å². The van der Waals surface area contributed by atoms with Gasteiger partial charge >= 0.3 is 5.69 Å². The number of halogens is 1. The first-order valence-corrected chi connectivity index (χ1v) is 12.8. The predicted octanol–water partition coefficient (Wildman–Crippen LogP) is 4.60. The first kappa shape index (κ1) is 24.3. The third-order valence-electron chi connectivity index (χ3n) is 5.30. The second kappa shape index (κ2) is 11.5. The molecule has 32 heavy (non-hydrogen) atoms. The van der Waals surface area contributed by atoms with Crippen molar-refractivity contribution in [1.29, 1.82) is 5.26 Å². The average Bonchev–Trinajstić information content (AvgIpc) is 3.19. The molecule has 3 rings (SSSR count). The first-order valence-electron chi connectivity index (χ1n) is 10.5. The number of amides is 1. The number of carbonyl (C=O) groups excluding carboxylic acids is 1. The normalized spacial score (nSPS) is 21.1. The number of anilines is 1. The number of nitrogens with zero attached hydrogens (tertiary/aromatic N) is 3. The van der Waals surface area contributed by atoms with Crippen molar-refractivity contribution in [3.63, 3.8) is 0 Å². The van der Waals surface area contributed by atoms with Crippen LogP contribution in [0, 0.1) is 24.2 Å². The largest absolute Gasteiger partial charge is 0.354 e. The van der Waals surface area contributed by atoms with Crippen LogP contribution in [0.5, 0.6) is 0 Å². The molecule has 170 valence electrons. The third-order valence-corrected chi connectivity index (χ3v) is 7.23. The van der Waals surface area contributed by atoms with E-state index in [2.05, 4.69) is 10.3 Å². The van der Waals surface area contributed by atoms with Crippen LogP contribution in [0.2, 0.25) is 0 Å². The number of aromatic nitrogens is 2. The standard InChI is InChI=1S/C22H26ClN4O4P/c1-3-18-17(14-32(23)30-11-7-10-24)12-19(31-18)27-13-15(2)20(26-22(27)29)25-21(28)16-8-5-4-6-9-16/h4-6,8-9,13,17-19H,3,7,11-12,14H2,1-2H3,(H,25,26,28,29)/t17-,18-,19?,32?/m1/s1. The molecule has 1 fully saturated rings. The van der Waals surface area contributed by atoms with Gasteiger partial charge in [-0.15, -0.1) is 0 Å². The Bertz CT molecular complexity index is 1030. The van der Waals surface area contributed by atoms with Crippen molar-refractivity contribution < 1.29 is 14.1 Å². The average molecular weight is 477 g/mol. The molecule has 4 atom stereocenters. The van der Waals surface area contributed by atoms with Crippen LogP contribution in [0.1, 0.15) is 48.3 Å². The summed E-state index contributed by atoms with van der Waals surface area (Å²) in [5.74, 6) is 0.0469. The van der Waals surface area contributed by atoms with E-state index in [-0.39, 0.29) is 23.7 Å². The van der Waals surface area contributed by atoms with Crippen LogP contribution in [0.25, 0.3) is 0 Å². The van der Waals surface area contributed by atoms with Gasteiger partial charge in [-0.2, -0.15) is 10.2 Å². The summed E-state index contributed by atoms with van der Waals surface area (Å²) in [6.07, 6.45) is 3.50. The molecule has 1 N–H and O–H groups in total. The summed E-state index contributed by atoms with van der Waals surface area (Å²) in [6, 6.07) is 10.8. The van der Waals surface area contributed by atoms with Gasteiger partial charge in [0.25, 0.3) is 5.91 Å². The number of carbonyl (C=O) groups is 1. The fourth-order valence-electron chi connectivity index (χ4n) is 3.68. The molecular weight excluding hydrogens is 451 g/mol. The van der Waals surface area contributed by atoms with Crippen LogP contribution in [-0.2, 0) is 9.26 Å². The van der Waals surface area contributed by atoms with Crippen molar-refractivity contribution >= 4 is 30.5 Å². The fraction of sp³-hybridized carbons (Fsp3) is 0.455. The fourth-order valence-corrected chi connectivity index (χ4v) is 5.56. The first-order chi connectivity index (χ1) is 15.4. The maximum atomic E-state index is 12.7. The van der Waals surface area contributed by atoms with Crippen LogP contribution in [0.3, 0.4) is 0 Å². The van der Waals surface area contributed by atoms with Gasteiger partial charge in [-0.25, -0.2) is 4.79 Å². The summed E-state index contributed by atoms with van der Waals surface area (Å²) in [4.78, 5) is 29.2. The van der Waals surface area contributed by atoms with Gasteiger partial charge in [0.1, 0.15) is 19.5 Å². The molecule has 1 aliphatic heterocycles. The number of aryl methyl sites for hydroxylation is 1. The Balaban J connectivity index is 1.70. The van der Waals surface area contributed by atoms with Crippen LogP contribution < -0.4 is 11.0 Å². The highest BCUT2D eigenvalue weighted by molar-refractivity contribution is 7.80. The lowest BCUT2D eigenvalue weighted by Crippen LogP contribution is -2.29. The number of rotatable bonds is 9. The monoisotopic (exact) mass is 476 g/mol. The zero-order valence-electron chi connectivity index (χ0n) is 18.0. The summed E-state index contributed by atoms with van der Waals surface area (Å²) in [7, 11) is -1.18. The Morgan fingerprint density at radius 3 is 2.88 bits per heavy atom. The van der Waals surface area contributed by atoms with E-state index < -0.39 is 19.4 Å². The van der Waals surface area contributed by atoms with Crippen LogP contribution in [0.15, 0.2) is 41.3 Å². The van der Waals surface area contributed by atoms with E-state index in [0.29, 0.717) is 36.7 Å². The van der Waals surface area contributed by atoms with Crippen molar-refractivity contribution in [2.75, 3.05) is 18.1 Å². The number of nitriles is 1. The van der Waals surface area contributed by atoms with Gasteiger partial charge in [-0.05, 0) is 37.8 Å². The van der Waals surface area contributed by atoms with Gasteiger partial charge in [-0.1, -0.05) is 36.4 Å². The number of benzene rings is 1. The smallest absolute Gasteiger partial charge is 0.351 e. The Kier molecular flexibility index (Phi) is 8.77. The second-order valence-corrected chi connectivity index (χ2v) is 9.95. The molecule has 8 nitrogen and oxygen atoms in total. The quantitative estimate of drug-likeness (QED) is 0.419. The molecule has 2 unspecified atom stereocenters. The van der Waals surface area contributed by atoms with E-state index in [4.69, 9.17) is 25.8 Å². The Labute approximate surface area is 193 Å². The summed E-state index contributed by atoms with van der Waals surface area (Å²) in [5, 5.41) is 11.3. The molecule has 0 bridgehead atoms. The number of hydrogen-bond acceptors (Lipinski definition) is 6. The third kappa shape index (κ3) is 6.14. The van der Waals surface area contributed by atoms with Crippen molar-refractivity contribution in [3.8, 4) is 6.07 Å². The molecule has 1 saturated heterocycles. The maximum Gasteiger partial charge on any atom is 0.351 e. The summed E-state index contributed by atoms with van der Waals surface area (Å²) >= 11 is 6.35. The lowest BCUT2D eigenvalue weighted by Gasteiger charge is -2.18. The van der Waals surface area contributed by atoms with Gasteiger partial charge in [0.2, 0.25) is 0 Å². The zero-order chi connectivity index (χ0) is 23.1. The zero-order valence-corrected chi connectivity index (χ0v) is 19.7. The van der Waals surface area contributed by atoms with E-state index in [1.54, 1.807) is 37.4 Å². The van der Waals surface area contributed by atoms with Gasteiger partial charge in [0.15, 0.2) is 0 Å². The Hall–Kier alpha value is -2.30. The van der Waals surface area contributed by atoms with Gasteiger partial charge in [0.05, 0.1) is 25.2 Å².